The number of aliphatic hydroxyl groups is 1. The van der Waals surface area contributed by atoms with Gasteiger partial charge in [-0.1, -0.05) is 41.4 Å². The largest absolute Gasteiger partial charge is 0.384 e. The number of amides is 1. The molecule has 7 nitrogen and oxygen atoms in total. The van der Waals surface area contributed by atoms with E-state index in [0.717, 1.165) is 6.26 Å². The summed E-state index contributed by atoms with van der Waals surface area (Å²) in [6.07, 6.45) is 2.64. The fraction of sp³-hybridized carbons (Fsp3) is 0.214. The van der Waals surface area contributed by atoms with Crippen molar-refractivity contribution in [2.75, 3.05) is 12.8 Å². The van der Waals surface area contributed by atoms with E-state index in [9.17, 15) is 22.7 Å². The van der Waals surface area contributed by atoms with Gasteiger partial charge in [-0.05, 0) is 68.3 Å². The number of aromatic nitrogens is 2. The molecular weight excluding hydrogens is 564 g/mol. The van der Waals surface area contributed by atoms with Crippen LogP contribution in [0.25, 0.3) is 28.2 Å². The average molecular weight is 591 g/mol. The number of nitrogens with zero attached hydrogens (tertiary/aromatic N) is 2. The van der Waals surface area contributed by atoms with Crippen LogP contribution in [0, 0.1) is 5.82 Å². The highest BCUT2D eigenvalue weighted by molar-refractivity contribution is 7.90. The summed E-state index contributed by atoms with van der Waals surface area (Å²) in [6.45, 7) is 5.25. The number of carbonyl (C=O) groups excluding carboxylic acids is 1. The third kappa shape index (κ3) is 5.86. The van der Waals surface area contributed by atoms with Crippen LogP contribution in [0.1, 0.15) is 36.8 Å². The molecule has 0 spiro atoms. The number of halogens is 3. The summed E-state index contributed by atoms with van der Waals surface area (Å²) in [4.78, 5) is 16.9. The van der Waals surface area contributed by atoms with E-state index in [4.69, 9.17) is 23.2 Å². The van der Waals surface area contributed by atoms with E-state index in [2.05, 4.69) is 10.3 Å². The normalized spacial score (nSPS) is 12.0. The number of benzene rings is 3. The maximum absolute atomic E-state index is 14.3. The Morgan fingerprint density at radius 3 is 2.38 bits per heavy atom. The number of sulfone groups is 1. The number of hydrogen-bond donors (Lipinski definition) is 2. The molecule has 3 aromatic carbocycles. The fourth-order valence-electron chi connectivity index (χ4n) is 4.06. The van der Waals surface area contributed by atoms with Crippen molar-refractivity contribution in [2.45, 2.75) is 31.3 Å². The maximum atomic E-state index is 14.3. The van der Waals surface area contributed by atoms with E-state index in [-0.39, 0.29) is 26.3 Å². The molecule has 11 heteroatoms. The van der Waals surface area contributed by atoms with E-state index < -0.39 is 27.2 Å². The zero-order valence-corrected chi connectivity index (χ0v) is 23.9. The van der Waals surface area contributed by atoms with Crippen molar-refractivity contribution < 1.29 is 22.7 Å². The Morgan fingerprint density at radius 1 is 1.10 bits per heavy atom. The fourth-order valence-corrected chi connectivity index (χ4v) is 5.44. The van der Waals surface area contributed by atoms with Gasteiger partial charge in [-0.15, -0.1) is 0 Å². The number of rotatable bonds is 7. The molecule has 0 bridgehead atoms. The highest BCUT2D eigenvalue weighted by Gasteiger charge is 2.25. The first-order valence-electron chi connectivity index (χ1n) is 11.9. The van der Waals surface area contributed by atoms with Crippen molar-refractivity contribution >= 4 is 38.9 Å². The smallest absolute Gasteiger partial charge is 0.252 e. The van der Waals surface area contributed by atoms with E-state index in [1.54, 1.807) is 61.9 Å². The van der Waals surface area contributed by atoms with Crippen LogP contribution in [0.5, 0.6) is 0 Å². The van der Waals surface area contributed by atoms with Gasteiger partial charge in [-0.2, -0.15) is 0 Å². The monoisotopic (exact) mass is 589 g/mol. The Balaban J connectivity index is 1.85. The molecule has 1 heterocycles. The molecule has 1 aromatic heterocycles. The summed E-state index contributed by atoms with van der Waals surface area (Å²) < 4.78 is 40.9. The first-order chi connectivity index (χ1) is 18.2. The number of imidazole rings is 1. The molecule has 4 aromatic rings. The SMILES string of the molecule is CCNC(=O)c1ccc(-c2ccc(-n3cc(C(C)(C)O)nc3-c3cccc(F)c3Cl)c(Cl)c2)cc1S(C)(=O)=O. The van der Waals surface area contributed by atoms with Crippen LogP contribution in [0.15, 0.2) is 65.7 Å². The summed E-state index contributed by atoms with van der Waals surface area (Å²) in [7, 11) is -3.72. The summed E-state index contributed by atoms with van der Waals surface area (Å²) in [5, 5.41) is 13.4. The van der Waals surface area contributed by atoms with E-state index in [1.807, 2.05) is 0 Å². The maximum Gasteiger partial charge on any atom is 0.252 e. The van der Waals surface area contributed by atoms with Gasteiger partial charge in [0.1, 0.15) is 17.2 Å². The third-order valence-corrected chi connectivity index (χ3v) is 7.85. The summed E-state index contributed by atoms with van der Waals surface area (Å²) in [6, 6.07) is 14.0. The first kappa shape index (κ1) is 28.8. The highest BCUT2D eigenvalue weighted by Crippen LogP contribution is 2.36. The molecule has 0 fully saturated rings. The van der Waals surface area contributed by atoms with Crippen LogP contribution < -0.4 is 5.32 Å². The zero-order chi connectivity index (χ0) is 28.7. The molecule has 1 amide bonds. The Morgan fingerprint density at radius 2 is 1.77 bits per heavy atom. The molecule has 4 rings (SSSR count). The molecular formula is C28H26Cl2FN3O4S. The van der Waals surface area contributed by atoms with Gasteiger partial charge in [-0.25, -0.2) is 17.8 Å². The van der Waals surface area contributed by atoms with Crippen LogP contribution >= 0.6 is 23.2 Å². The number of nitrogens with one attached hydrogen (secondary N) is 1. The molecule has 0 saturated carbocycles. The Kier molecular flexibility index (Phi) is 7.91. The third-order valence-electron chi connectivity index (χ3n) is 6.03. The van der Waals surface area contributed by atoms with Gasteiger partial charge in [0, 0.05) is 24.6 Å². The first-order valence-corrected chi connectivity index (χ1v) is 14.6. The van der Waals surface area contributed by atoms with Crippen molar-refractivity contribution in [3.8, 4) is 28.2 Å². The average Bonchev–Trinajstić information content (AvgIpc) is 3.30. The lowest BCUT2D eigenvalue weighted by Gasteiger charge is -2.14. The standard InChI is InChI=1S/C28H26Cl2FN3O4S/c1-5-32-27(35)18-11-9-17(14-23(18)39(4,37)38)16-10-12-22(20(29)13-16)34-15-24(28(2,3)36)33-26(34)19-7-6-8-21(31)25(19)30/h6-15,36H,5H2,1-4H3,(H,32,35). The second-order valence-electron chi connectivity index (χ2n) is 9.49. The van der Waals surface area contributed by atoms with Crippen molar-refractivity contribution in [2.24, 2.45) is 0 Å². The Hall–Kier alpha value is -3.24. The predicted molar refractivity (Wildman–Crippen MR) is 151 cm³/mol. The molecule has 0 radical (unpaired) electrons. The van der Waals surface area contributed by atoms with E-state index in [0.29, 0.717) is 34.6 Å². The molecule has 0 saturated heterocycles. The van der Waals surface area contributed by atoms with Gasteiger partial charge in [0.2, 0.25) is 0 Å². The topological polar surface area (TPSA) is 101 Å². The molecule has 204 valence electrons. The predicted octanol–water partition coefficient (Wildman–Crippen LogP) is 6.03. The van der Waals surface area contributed by atoms with Crippen LogP contribution in [0.2, 0.25) is 10.0 Å². The molecule has 0 aliphatic rings. The van der Waals surface area contributed by atoms with Gasteiger partial charge in [-0.3, -0.25) is 9.36 Å². The minimum atomic E-state index is -3.72. The van der Waals surface area contributed by atoms with Gasteiger partial charge in [0.05, 0.1) is 31.9 Å². The number of carbonyl (C=O) groups is 1. The minimum Gasteiger partial charge on any atom is -0.384 e. The molecule has 0 unspecified atom stereocenters. The minimum absolute atomic E-state index is 0.0555. The van der Waals surface area contributed by atoms with Crippen LogP contribution in [-0.2, 0) is 15.4 Å². The second-order valence-corrected chi connectivity index (χ2v) is 12.3. The molecule has 0 aliphatic carbocycles. The van der Waals surface area contributed by atoms with Gasteiger partial charge < -0.3 is 10.4 Å². The lowest BCUT2D eigenvalue weighted by atomic mass is 10.0. The lowest BCUT2D eigenvalue weighted by molar-refractivity contribution is 0.0743. The second kappa shape index (κ2) is 10.7. The summed E-state index contributed by atoms with van der Waals surface area (Å²) in [5.41, 5.74) is 0.987. The summed E-state index contributed by atoms with van der Waals surface area (Å²) >= 11 is 13.0. The van der Waals surface area contributed by atoms with Crippen molar-refractivity contribution in [3.05, 3.63) is 87.9 Å². The van der Waals surface area contributed by atoms with Crippen LogP contribution in [0.3, 0.4) is 0 Å². The van der Waals surface area contributed by atoms with Crippen LogP contribution in [0.4, 0.5) is 4.39 Å². The van der Waals surface area contributed by atoms with Crippen LogP contribution in [-0.4, -0.2) is 41.8 Å². The lowest BCUT2D eigenvalue weighted by Crippen LogP contribution is -2.24. The van der Waals surface area contributed by atoms with E-state index in [1.165, 1.54) is 24.3 Å². The molecule has 2 N–H and O–H groups in total. The van der Waals surface area contributed by atoms with Crippen molar-refractivity contribution in [3.63, 3.8) is 0 Å². The number of hydrogen-bond acceptors (Lipinski definition) is 5. The van der Waals surface area contributed by atoms with E-state index >= 15 is 0 Å². The van der Waals surface area contributed by atoms with Gasteiger partial charge in [0.25, 0.3) is 5.91 Å². The zero-order valence-electron chi connectivity index (χ0n) is 21.6. The summed E-state index contributed by atoms with van der Waals surface area (Å²) in [5.74, 6) is -0.825. The molecule has 0 atom stereocenters. The Bertz CT molecular complexity index is 1700. The Labute approximate surface area is 236 Å². The highest BCUT2D eigenvalue weighted by atomic mass is 35.5. The quantitative estimate of drug-likeness (QED) is 0.274. The van der Waals surface area contributed by atoms with Crippen molar-refractivity contribution in [1.29, 1.82) is 0 Å². The van der Waals surface area contributed by atoms with Gasteiger partial charge in [0.15, 0.2) is 9.84 Å². The molecule has 0 aliphatic heterocycles. The van der Waals surface area contributed by atoms with Crippen molar-refractivity contribution in [1.82, 2.24) is 14.9 Å². The van der Waals surface area contributed by atoms with Gasteiger partial charge >= 0.3 is 0 Å². The molecule has 39 heavy (non-hydrogen) atoms.